The fourth-order valence-electron chi connectivity index (χ4n) is 10.6. The summed E-state index contributed by atoms with van der Waals surface area (Å²) in [5.41, 5.74) is 16.4. The lowest BCUT2D eigenvalue weighted by atomic mass is 9.92. The molecule has 2 heteroatoms. The molecule has 318 valence electrons. The third-order valence-corrected chi connectivity index (χ3v) is 13.7. The number of hydrogen-bond acceptors (Lipinski definition) is 1. The fraction of sp³-hybridized carbons (Fsp3) is 0. The molecule has 12 aromatic carbocycles. The van der Waals surface area contributed by atoms with Gasteiger partial charge in [-0.25, -0.2) is 0 Å². The van der Waals surface area contributed by atoms with Crippen molar-refractivity contribution < 1.29 is 0 Å². The molecule has 1 aromatic heterocycles. The van der Waals surface area contributed by atoms with Gasteiger partial charge in [0.25, 0.3) is 0 Å². The zero-order valence-corrected chi connectivity index (χ0v) is 37.3. The molecule has 13 rings (SSSR count). The third kappa shape index (κ3) is 6.73. The summed E-state index contributed by atoms with van der Waals surface area (Å²) in [5.74, 6) is 0. The molecule has 0 aliphatic heterocycles. The van der Waals surface area contributed by atoms with Crippen LogP contribution in [0.2, 0.25) is 0 Å². The minimum atomic E-state index is 1.08. The van der Waals surface area contributed by atoms with E-state index in [0.717, 1.165) is 22.7 Å². The topological polar surface area (TPSA) is 8.17 Å². The van der Waals surface area contributed by atoms with Gasteiger partial charge in [-0.15, -0.1) is 0 Å². The van der Waals surface area contributed by atoms with Crippen molar-refractivity contribution in [1.82, 2.24) is 4.57 Å². The molecule has 0 fully saturated rings. The van der Waals surface area contributed by atoms with Gasteiger partial charge in [0, 0.05) is 33.5 Å². The highest BCUT2D eigenvalue weighted by molar-refractivity contribution is 6.23. The molecule has 2 nitrogen and oxygen atoms in total. The summed E-state index contributed by atoms with van der Waals surface area (Å²) in [5, 5.41) is 9.99. The van der Waals surface area contributed by atoms with Crippen LogP contribution in [-0.4, -0.2) is 4.57 Å². The van der Waals surface area contributed by atoms with Crippen LogP contribution in [0.25, 0.3) is 104 Å². The molecule has 0 aliphatic rings. The van der Waals surface area contributed by atoms with Crippen LogP contribution in [0.1, 0.15) is 0 Å². The van der Waals surface area contributed by atoms with E-state index in [0.29, 0.717) is 0 Å². The van der Waals surface area contributed by atoms with Crippen molar-refractivity contribution in [2.45, 2.75) is 0 Å². The highest BCUT2D eigenvalue weighted by atomic mass is 15.1. The molecule has 0 atom stereocenters. The van der Waals surface area contributed by atoms with Gasteiger partial charge in [0.2, 0.25) is 0 Å². The summed E-state index contributed by atoms with van der Waals surface area (Å²) in [7, 11) is 0. The van der Waals surface area contributed by atoms with E-state index < -0.39 is 0 Å². The summed E-state index contributed by atoms with van der Waals surface area (Å²) in [6.45, 7) is 0. The first-order chi connectivity index (χ1) is 33.7. The first-order valence-corrected chi connectivity index (χ1v) is 23.4. The highest BCUT2D eigenvalue weighted by Crippen LogP contribution is 2.46. The molecule has 0 spiro atoms. The van der Waals surface area contributed by atoms with Crippen LogP contribution in [0.15, 0.2) is 267 Å². The number of fused-ring (bicyclic) bond motifs is 7. The molecular weight excluding hydrogens is 821 g/mol. The molecule has 0 saturated heterocycles. The molecule has 0 amide bonds. The standard InChI is InChI=1S/C66H44N2/c1-3-16-46(17-4-1)57-25-11-12-26-59(57)48-34-39-55(40-35-48)67(54-37-32-45(33-38-54)49-36-41-60-51(42-49)31-30-47-18-7-9-24-58(47)60)56-23-15-20-52(43-56)65-61-27-10-8-19-50(61)44-64-66(65)62-28-13-14-29-63(62)68(64)53-21-5-2-6-22-53/h1-44H. The number of anilines is 3. The van der Waals surface area contributed by atoms with Crippen molar-refractivity contribution in [1.29, 1.82) is 0 Å². The SMILES string of the molecule is c1ccc(-c2ccccc2-c2ccc(N(c3ccc(-c4ccc5c(ccc6ccccc65)c4)cc3)c3cccc(-c4c5ccccc5cc5c4c4ccccc4n5-c4ccccc4)c3)cc2)cc1. The Morgan fingerprint density at radius 2 is 0.794 bits per heavy atom. The second-order valence-corrected chi connectivity index (χ2v) is 17.7. The van der Waals surface area contributed by atoms with Gasteiger partial charge in [0.15, 0.2) is 0 Å². The van der Waals surface area contributed by atoms with E-state index in [9.17, 15) is 0 Å². The van der Waals surface area contributed by atoms with Crippen LogP contribution >= 0.6 is 0 Å². The van der Waals surface area contributed by atoms with Gasteiger partial charge in [-0.3, -0.25) is 0 Å². The Bertz CT molecular complexity index is 4000. The quantitative estimate of drug-likeness (QED) is 0.138. The largest absolute Gasteiger partial charge is 0.310 e. The van der Waals surface area contributed by atoms with E-state index >= 15 is 0 Å². The van der Waals surface area contributed by atoms with Gasteiger partial charge in [-0.2, -0.15) is 0 Å². The minimum absolute atomic E-state index is 1.08. The molecule has 1 heterocycles. The second-order valence-electron chi connectivity index (χ2n) is 17.7. The number of benzene rings is 12. The molecular formula is C66H44N2. The number of nitrogens with zero attached hydrogens (tertiary/aromatic N) is 2. The van der Waals surface area contributed by atoms with Crippen molar-refractivity contribution in [3.05, 3.63) is 267 Å². The lowest BCUT2D eigenvalue weighted by Gasteiger charge is -2.27. The smallest absolute Gasteiger partial charge is 0.0553 e. The van der Waals surface area contributed by atoms with E-state index in [1.807, 2.05) is 0 Å². The van der Waals surface area contributed by atoms with E-state index in [1.54, 1.807) is 0 Å². The Hall–Kier alpha value is -8.98. The molecule has 0 radical (unpaired) electrons. The van der Waals surface area contributed by atoms with Gasteiger partial charge in [-0.05, 0) is 144 Å². The minimum Gasteiger partial charge on any atom is -0.310 e. The van der Waals surface area contributed by atoms with E-state index in [2.05, 4.69) is 276 Å². The molecule has 0 saturated carbocycles. The average molecular weight is 865 g/mol. The van der Waals surface area contributed by atoms with Crippen molar-refractivity contribution >= 4 is 71.2 Å². The molecule has 0 N–H and O–H groups in total. The average Bonchev–Trinajstić information content (AvgIpc) is 3.74. The van der Waals surface area contributed by atoms with Gasteiger partial charge in [-0.1, -0.05) is 200 Å². The van der Waals surface area contributed by atoms with Crippen molar-refractivity contribution in [2.75, 3.05) is 4.90 Å². The van der Waals surface area contributed by atoms with Gasteiger partial charge >= 0.3 is 0 Å². The Kier molecular flexibility index (Phi) is 9.54. The van der Waals surface area contributed by atoms with Crippen LogP contribution in [0.5, 0.6) is 0 Å². The van der Waals surface area contributed by atoms with E-state index in [-0.39, 0.29) is 0 Å². The van der Waals surface area contributed by atoms with E-state index in [4.69, 9.17) is 0 Å². The first-order valence-electron chi connectivity index (χ1n) is 23.4. The number of rotatable bonds is 8. The summed E-state index contributed by atoms with van der Waals surface area (Å²) < 4.78 is 2.42. The molecule has 0 bridgehead atoms. The van der Waals surface area contributed by atoms with Crippen LogP contribution in [0.3, 0.4) is 0 Å². The summed E-state index contributed by atoms with van der Waals surface area (Å²) in [4.78, 5) is 2.41. The number of hydrogen-bond donors (Lipinski definition) is 0. The monoisotopic (exact) mass is 864 g/mol. The van der Waals surface area contributed by atoms with Crippen LogP contribution < -0.4 is 4.90 Å². The number of para-hydroxylation sites is 2. The number of aromatic nitrogens is 1. The Labute approximate surface area is 395 Å². The summed E-state index contributed by atoms with van der Waals surface area (Å²) in [6.07, 6.45) is 0. The van der Waals surface area contributed by atoms with E-state index in [1.165, 1.54) is 98.6 Å². The maximum atomic E-state index is 2.42. The molecule has 0 unspecified atom stereocenters. The lowest BCUT2D eigenvalue weighted by Crippen LogP contribution is -2.10. The Morgan fingerprint density at radius 1 is 0.265 bits per heavy atom. The Morgan fingerprint density at radius 3 is 1.54 bits per heavy atom. The van der Waals surface area contributed by atoms with Gasteiger partial charge in [0.05, 0.1) is 11.0 Å². The fourth-order valence-corrected chi connectivity index (χ4v) is 10.6. The maximum Gasteiger partial charge on any atom is 0.0553 e. The van der Waals surface area contributed by atoms with Crippen LogP contribution in [-0.2, 0) is 0 Å². The highest BCUT2D eigenvalue weighted by Gasteiger charge is 2.21. The van der Waals surface area contributed by atoms with Crippen LogP contribution in [0, 0.1) is 0 Å². The zero-order valence-electron chi connectivity index (χ0n) is 37.3. The van der Waals surface area contributed by atoms with Gasteiger partial charge < -0.3 is 9.47 Å². The van der Waals surface area contributed by atoms with Crippen molar-refractivity contribution in [3.63, 3.8) is 0 Å². The normalized spacial score (nSPS) is 11.5. The predicted molar refractivity (Wildman–Crippen MR) is 290 cm³/mol. The summed E-state index contributed by atoms with van der Waals surface area (Å²) >= 11 is 0. The third-order valence-electron chi connectivity index (χ3n) is 13.7. The van der Waals surface area contributed by atoms with Gasteiger partial charge in [0.1, 0.15) is 0 Å². The first kappa shape index (κ1) is 39.4. The van der Waals surface area contributed by atoms with Crippen LogP contribution in [0.4, 0.5) is 17.1 Å². The lowest BCUT2D eigenvalue weighted by molar-refractivity contribution is 1.18. The molecule has 0 aliphatic carbocycles. The zero-order chi connectivity index (χ0) is 45.0. The second kappa shape index (κ2) is 16.5. The molecule has 13 aromatic rings. The van der Waals surface area contributed by atoms with Crippen molar-refractivity contribution in [3.8, 4) is 50.2 Å². The van der Waals surface area contributed by atoms with Crippen molar-refractivity contribution in [2.24, 2.45) is 0 Å². The maximum absolute atomic E-state index is 2.42. The summed E-state index contributed by atoms with van der Waals surface area (Å²) in [6, 6.07) is 97.5. The Balaban J connectivity index is 0.973. The molecule has 68 heavy (non-hydrogen) atoms. The predicted octanol–water partition coefficient (Wildman–Crippen LogP) is 18.4.